The number of rotatable bonds is 7. The number of nitrogens with one attached hydrogen (secondary N) is 3. The first-order valence-electron chi connectivity index (χ1n) is 8.76. The van der Waals surface area contributed by atoms with Crippen molar-refractivity contribution in [3.63, 3.8) is 0 Å². The van der Waals surface area contributed by atoms with Crippen LogP contribution in [0.4, 0.5) is 0 Å². The van der Waals surface area contributed by atoms with E-state index in [1.807, 2.05) is 65.8 Å². The number of nitrogens with zero attached hydrogens (tertiary/aromatic N) is 1. The summed E-state index contributed by atoms with van der Waals surface area (Å²) in [6.07, 6.45) is -0.0339. The Morgan fingerprint density at radius 1 is 1.23 bits per heavy atom. The average Bonchev–Trinajstić information content (AvgIpc) is 2.50. The molecule has 0 radical (unpaired) electrons. The van der Waals surface area contributed by atoms with Crippen molar-refractivity contribution in [1.29, 1.82) is 0 Å². The molecule has 0 heterocycles. The lowest BCUT2D eigenvalue weighted by Gasteiger charge is -2.20. The Morgan fingerprint density at radius 2 is 1.88 bits per heavy atom. The van der Waals surface area contributed by atoms with Gasteiger partial charge >= 0.3 is 0 Å². The minimum Gasteiger partial charge on any atom is -0.489 e. The Hall–Kier alpha value is -1.51. The summed E-state index contributed by atoms with van der Waals surface area (Å²) in [7, 11) is 0. The fraction of sp³-hybridized carbons (Fsp3) is 0.579. The van der Waals surface area contributed by atoms with Crippen LogP contribution in [0.15, 0.2) is 29.3 Å². The van der Waals surface area contributed by atoms with Gasteiger partial charge in [-0.1, -0.05) is 18.2 Å². The van der Waals surface area contributed by atoms with E-state index in [2.05, 4.69) is 20.9 Å². The summed E-state index contributed by atoms with van der Waals surface area (Å²) in [4.78, 5) is 16.2. The third-order valence-corrected chi connectivity index (χ3v) is 3.22. The molecule has 0 fully saturated rings. The zero-order valence-corrected chi connectivity index (χ0v) is 19.0. The molecule has 0 spiro atoms. The fourth-order valence-electron chi connectivity index (χ4n) is 2.14. The van der Waals surface area contributed by atoms with E-state index in [1.165, 1.54) is 0 Å². The van der Waals surface area contributed by atoms with E-state index in [4.69, 9.17) is 4.74 Å². The van der Waals surface area contributed by atoms with Gasteiger partial charge in [0.25, 0.3) is 0 Å². The van der Waals surface area contributed by atoms with Gasteiger partial charge in [0.15, 0.2) is 5.96 Å². The Bertz CT molecular complexity index is 585. The Labute approximate surface area is 174 Å². The maximum atomic E-state index is 11.9. The van der Waals surface area contributed by atoms with Crippen molar-refractivity contribution in [3.05, 3.63) is 29.8 Å². The lowest BCUT2D eigenvalue weighted by Crippen LogP contribution is -2.44. The van der Waals surface area contributed by atoms with Crippen molar-refractivity contribution in [2.45, 2.75) is 53.2 Å². The van der Waals surface area contributed by atoms with Crippen molar-refractivity contribution < 1.29 is 9.53 Å². The van der Waals surface area contributed by atoms with Crippen molar-refractivity contribution in [2.75, 3.05) is 19.6 Å². The van der Waals surface area contributed by atoms with E-state index in [-0.39, 0.29) is 48.1 Å². The van der Waals surface area contributed by atoms with Crippen LogP contribution in [0.5, 0.6) is 5.75 Å². The number of hydrogen-bond donors (Lipinski definition) is 3. The summed E-state index contributed by atoms with van der Waals surface area (Å²) >= 11 is 0. The summed E-state index contributed by atoms with van der Waals surface area (Å²) in [6.45, 7) is 13.2. The Morgan fingerprint density at radius 3 is 2.46 bits per heavy atom. The molecule has 0 bridgehead atoms. The molecule has 0 saturated heterocycles. The second-order valence-electron chi connectivity index (χ2n) is 7.07. The van der Waals surface area contributed by atoms with E-state index in [9.17, 15) is 4.79 Å². The molecule has 6 nitrogen and oxygen atoms in total. The second-order valence-corrected chi connectivity index (χ2v) is 7.07. The first kappa shape index (κ1) is 24.5. The van der Waals surface area contributed by atoms with E-state index in [0.717, 1.165) is 17.9 Å². The SMILES string of the molecule is CCNC(=NCC(=O)NC(C)(C)C)NCC(C)Oc1ccccc1C.I. The molecule has 1 unspecified atom stereocenters. The minimum absolute atomic E-state index is 0. The number of carbonyl (C=O) groups excluding carboxylic acids is 1. The summed E-state index contributed by atoms with van der Waals surface area (Å²) < 4.78 is 5.94. The molecule has 0 saturated carbocycles. The Kier molecular flexibility index (Phi) is 11.3. The summed E-state index contributed by atoms with van der Waals surface area (Å²) in [5.41, 5.74) is 0.850. The molecule has 1 rings (SSSR count). The minimum atomic E-state index is -0.256. The molecule has 0 aliphatic heterocycles. The summed E-state index contributed by atoms with van der Waals surface area (Å²) in [5.74, 6) is 1.38. The zero-order valence-electron chi connectivity index (χ0n) is 16.7. The monoisotopic (exact) mass is 476 g/mol. The normalized spacial score (nSPS) is 12.6. The lowest BCUT2D eigenvalue weighted by atomic mass is 10.1. The Balaban J connectivity index is 0.00000625. The fourth-order valence-corrected chi connectivity index (χ4v) is 2.14. The molecule has 0 aromatic heterocycles. The number of aryl methyl sites for hydroxylation is 1. The van der Waals surface area contributed by atoms with Gasteiger partial charge in [0.1, 0.15) is 18.4 Å². The largest absolute Gasteiger partial charge is 0.489 e. The molecule has 7 heteroatoms. The van der Waals surface area contributed by atoms with Gasteiger partial charge in [0, 0.05) is 12.1 Å². The van der Waals surface area contributed by atoms with Crippen molar-refractivity contribution in [1.82, 2.24) is 16.0 Å². The van der Waals surface area contributed by atoms with Gasteiger partial charge in [-0.2, -0.15) is 0 Å². The lowest BCUT2D eigenvalue weighted by molar-refractivity contribution is -0.121. The molecule has 0 aliphatic rings. The van der Waals surface area contributed by atoms with Crippen LogP contribution in [0.25, 0.3) is 0 Å². The van der Waals surface area contributed by atoms with Crippen LogP contribution in [-0.4, -0.2) is 43.1 Å². The molecule has 1 aromatic carbocycles. The molecule has 1 aromatic rings. The predicted octanol–water partition coefficient (Wildman–Crippen LogP) is 2.85. The number of amides is 1. The zero-order chi connectivity index (χ0) is 18.9. The van der Waals surface area contributed by atoms with Crippen LogP contribution >= 0.6 is 24.0 Å². The van der Waals surface area contributed by atoms with Crippen molar-refractivity contribution in [3.8, 4) is 5.75 Å². The number of aliphatic imine (C=N–C) groups is 1. The van der Waals surface area contributed by atoms with E-state index in [1.54, 1.807) is 0 Å². The van der Waals surface area contributed by atoms with Crippen LogP contribution in [0, 0.1) is 6.92 Å². The average molecular weight is 476 g/mol. The smallest absolute Gasteiger partial charge is 0.242 e. The quantitative estimate of drug-likeness (QED) is 0.322. The van der Waals surface area contributed by atoms with Crippen LogP contribution in [-0.2, 0) is 4.79 Å². The van der Waals surface area contributed by atoms with E-state index < -0.39 is 0 Å². The van der Waals surface area contributed by atoms with Gasteiger partial charge < -0.3 is 20.7 Å². The van der Waals surface area contributed by atoms with Crippen molar-refractivity contribution in [2.24, 2.45) is 4.99 Å². The number of ether oxygens (including phenoxy) is 1. The number of benzene rings is 1. The summed E-state index contributed by atoms with van der Waals surface area (Å²) in [5, 5.41) is 9.24. The molecular formula is C19H33IN4O2. The number of guanidine groups is 1. The van der Waals surface area contributed by atoms with Gasteiger partial charge in [-0.3, -0.25) is 4.79 Å². The van der Waals surface area contributed by atoms with Gasteiger partial charge in [-0.05, 0) is 53.2 Å². The highest BCUT2D eigenvalue weighted by molar-refractivity contribution is 14.0. The van der Waals surface area contributed by atoms with Crippen LogP contribution in [0.1, 0.15) is 40.2 Å². The first-order valence-corrected chi connectivity index (χ1v) is 8.76. The number of hydrogen-bond acceptors (Lipinski definition) is 3. The standard InChI is InChI=1S/C19H32N4O2.HI/c1-7-20-18(22-13-17(24)23-19(4,5)6)21-12-15(3)25-16-11-9-8-10-14(16)2;/h8-11,15H,7,12-13H2,1-6H3,(H,23,24)(H2,20,21,22);1H. The highest BCUT2D eigenvalue weighted by Gasteiger charge is 2.13. The number of carbonyl (C=O) groups is 1. The number of para-hydroxylation sites is 1. The molecule has 1 atom stereocenters. The van der Waals surface area contributed by atoms with Gasteiger partial charge in [0.2, 0.25) is 5.91 Å². The number of halogens is 1. The molecule has 3 N–H and O–H groups in total. The predicted molar refractivity (Wildman–Crippen MR) is 119 cm³/mol. The molecule has 148 valence electrons. The molecule has 0 aliphatic carbocycles. The highest BCUT2D eigenvalue weighted by Crippen LogP contribution is 2.17. The second kappa shape index (κ2) is 12.0. The van der Waals surface area contributed by atoms with E-state index in [0.29, 0.717) is 12.5 Å². The molecule has 26 heavy (non-hydrogen) atoms. The van der Waals surface area contributed by atoms with Crippen LogP contribution in [0.3, 0.4) is 0 Å². The summed E-state index contributed by atoms with van der Waals surface area (Å²) in [6, 6.07) is 7.93. The highest BCUT2D eigenvalue weighted by atomic mass is 127. The van der Waals surface area contributed by atoms with Gasteiger partial charge in [0.05, 0.1) is 6.54 Å². The third kappa shape index (κ3) is 10.5. The van der Waals surface area contributed by atoms with Crippen LogP contribution in [0.2, 0.25) is 0 Å². The topological polar surface area (TPSA) is 74.8 Å². The molecule has 1 amide bonds. The van der Waals surface area contributed by atoms with Crippen LogP contribution < -0.4 is 20.7 Å². The maximum Gasteiger partial charge on any atom is 0.242 e. The first-order chi connectivity index (χ1) is 11.7. The third-order valence-electron chi connectivity index (χ3n) is 3.22. The van der Waals surface area contributed by atoms with Crippen molar-refractivity contribution >= 4 is 35.8 Å². The van der Waals surface area contributed by atoms with Gasteiger partial charge in [-0.25, -0.2) is 4.99 Å². The van der Waals surface area contributed by atoms with Gasteiger partial charge in [-0.15, -0.1) is 24.0 Å². The molecular weight excluding hydrogens is 443 g/mol. The van der Waals surface area contributed by atoms with E-state index >= 15 is 0 Å². The maximum absolute atomic E-state index is 11.9.